The summed E-state index contributed by atoms with van der Waals surface area (Å²) in [5.74, 6) is -1.27. The normalized spacial score (nSPS) is 13.1. The van der Waals surface area contributed by atoms with Crippen LogP contribution < -0.4 is 4.72 Å². The number of benzene rings is 2. The Morgan fingerprint density at radius 3 is 2.27 bits per heavy atom. The van der Waals surface area contributed by atoms with Gasteiger partial charge < -0.3 is 9.94 Å². The number of alkyl halides is 3. The molecular weight excluding hydrogens is 657 g/mol. The minimum atomic E-state index is -4.70. The number of aryl methyl sites for hydroxylation is 1. The van der Waals surface area contributed by atoms with E-state index in [1.54, 1.807) is 45.0 Å². The molecule has 0 spiro atoms. The first-order valence-corrected chi connectivity index (χ1v) is 16.4. The molecular formula is C31H39F3N6O7S. The zero-order valence-corrected chi connectivity index (χ0v) is 28.3. The number of ether oxygens (including phenoxy) is 1. The van der Waals surface area contributed by atoms with E-state index in [1.165, 1.54) is 43.2 Å². The van der Waals surface area contributed by atoms with Gasteiger partial charge in [0, 0.05) is 18.9 Å². The van der Waals surface area contributed by atoms with Crippen LogP contribution in [0.1, 0.15) is 64.6 Å². The first kappa shape index (κ1) is 37.8. The molecule has 262 valence electrons. The highest BCUT2D eigenvalue weighted by Crippen LogP contribution is 2.33. The Labute approximate surface area is 276 Å². The number of carbonyl (C=O) groups is 2. The van der Waals surface area contributed by atoms with E-state index >= 15 is 0 Å². The third-order valence-electron chi connectivity index (χ3n) is 6.82. The highest BCUT2D eigenvalue weighted by atomic mass is 32.2. The number of hydrazine groups is 1. The molecule has 0 aliphatic heterocycles. The Balaban J connectivity index is 1.52. The quantitative estimate of drug-likeness (QED) is 0.0540. The molecule has 13 nitrogen and oxygen atoms in total. The highest BCUT2D eigenvalue weighted by molar-refractivity contribution is 7.90. The highest BCUT2D eigenvalue weighted by Gasteiger charge is 2.35. The smallest absolute Gasteiger partial charge is 0.435 e. The molecule has 0 aliphatic carbocycles. The van der Waals surface area contributed by atoms with Crippen LogP contribution in [0.5, 0.6) is 0 Å². The molecule has 2 aromatic carbocycles. The average molecular weight is 697 g/mol. The predicted octanol–water partition coefficient (Wildman–Crippen LogP) is 5.91. The molecule has 1 unspecified atom stereocenters. The second-order valence-electron chi connectivity index (χ2n) is 12.1. The van der Waals surface area contributed by atoms with Crippen molar-refractivity contribution in [3.8, 4) is 16.9 Å². The fraction of sp³-hybridized carbons (Fsp3) is 0.452. The van der Waals surface area contributed by atoms with Gasteiger partial charge in [0.1, 0.15) is 0 Å². The van der Waals surface area contributed by atoms with Gasteiger partial charge in [-0.2, -0.15) is 18.3 Å². The van der Waals surface area contributed by atoms with Gasteiger partial charge in [-0.1, -0.05) is 36.2 Å². The summed E-state index contributed by atoms with van der Waals surface area (Å²) in [6, 6.07) is 12.7. The van der Waals surface area contributed by atoms with Crippen LogP contribution in [-0.4, -0.2) is 59.9 Å². The van der Waals surface area contributed by atoms with Gasteiger partial charge in [-0.3, -0.25) is 14.4 Å². The number of hydrogen-bond donors (Lipinski definition) is 1. The van der Waals surface area contributed by atoms with Crippen LogP contribution in [0.4, 0.5) is 13.2 Å². The molecule has 1 heterocycles. The summed E-state index contributed by atoms with van der Waals surface area (Å²) in [4.78, 5) is 29.1. The van der Waals surface area contributed by atoms with Crippen molar-refractivity contribution in [2.75, 3.05) is 13.6 Å². The lowest BCUT2D eigenvalue weighted by Gasteiger charge is -2.19. The summed E-state index contributed by atoms with van der Waals surface area (Å²) < 4.78 is 74.2. The first-order valence-electron chi connectivity index (χ1n) is 14.9. The van der Waals surface area contributed by atoms with Crippen LogP contribution in [0.25, 0.3) is 16.9 Å². The van der Waals surface area contributed by atoms with Crippen molar-refractivity contribution in [2.24, 2.45) is 10.7 Å². The molecule has 17 heteroatoms. The Bertz CT molecular complexity index is 1700. The number of sulfonamides is 1. The van der Waals surface area contributed by atoms with Crippen LogP contribution in [-0.2, 0) is 35.4 Å². The van der Waals surface area contributed by atoms with Gasteiger partial charge in [-0.05, 0) is 70.9 Å². The molecule has 0 radical (unpaired) electrons. The van der Waals surface area contributed by atoms with Crippen molar-refractivity contribution in [3.05, 3.63) is 71.1 Å². The molecule has 0 aliphatic rings. The van der Waals surface area contributed by atoms with Gasteiger partial charge in [0.25, 0.3) is 16.3 Å². The Hall–Kier alpha value is -4.67. The summed E-state index contributed by atoms with van der Waals surface area (Å²) in [7, 11) is -2.80. The van der Waals surface area contributed by atoms with E-state index in [0.29, 0.717) is 24.8 Å². The minimum absolute atomic E-state index is 0.111. The van der Waals surface area contributed by atoms with E-state index in [2.05, 4.69) is 10.4 Å². The Morgan fingerprint density at radius 1 is 1.06 bits per heavy atom. The molecule has 3 aromatic rings. The summed E-state index contributed by atoms with van der Waals surface area (Å²) in [5.41, 5.74) is -0.0966. The number of nitrogens with one attached hydrogen (secondary N) is 1. The lowest BCUT2D eigenvalue weighted by atomic mass is 9.97. The minimum Gasteiger partial charge on any atom is -0.569 e. The Morgan fingerprint density at radius 2 is 1.69 bits per heavy atom. The fourth-order valence-electron chi connectivity index (χ4n) is 4.08. The maximum absolute atomic E-state index is 13.5. The molecule has 48 heavy (non-hydrogen) atoms. The van der Waals surface area contributed by atoms with Crippen molar-refractivity contribution in [3.63, 3.8) is 0 Å². The van der Waals surface area contributed by atoms with E-state index in [-0.39, 0.29) is 34.2 Å². The summed E-state index contributed by atoms with van der Waals surface area (Å²) in [6.07, 6.45) is -4.61. The molecule has 1 aromatic heterocycles. The number of rotatable bonds is 14. The third kappa shape index (κ3) is 10.7. The molecule has 0 saturated carbocycles. The lowest BCUT2D eigenvalue weighted by Crippen LogP contribution is -2.30. The second kappa shape index (κ2) is 15.5. The summed E-state index contributed by atoms with van der Waals surface area (Å²) >= 11 is 0. The average Bonchev–Trinajstić information content (AvgIpc) is 3.46. The number of aromatic nitrogens is 2. The van der Waals surface area contributed by atoms with E-state index in [0.717, 1.165) is 16.3 Å². The lowest BCUT2D eigenvalue weighted by molar-refractivity contribution is -0.707. The summed E-state index contributed by atoms with van der Waals surface area (Å²) in [6.45, 7) is 8.51. The van der Waals surface area contributed by atoms with Gasteiger partial charge >= 0.3 is 12.1 Å². The van der Waals surface area contributed by atoms with Gasteiger partial charge in [-0.15, -0.1) is 5.01 Å². The maximum atomic E-state index is 13.5. The number of halogens is 3. The number of esters is 1. The van der Waals surface area contributed by atoms with Crippen LogP contribution in [0.2, 0.25) is 0 Å². The van der Waals surface area contributed by atoms with Gasteiger partial charge in [0.05, 0.1) is 40.3 Å². The monoisotopic (exact) mass is 696 g/mol. The molecule has 1 N–H and O–H groups in total. The second-order valence-corrected chi connectivity index (χ2v) is 13.8. The predicted molar refractivity (Wildman–Crippen MR) is 167 cm³/mol. The van der Waals surface area contributed by atoms with E-state index < -0.39 is 45.5 Å². The van der Waals surface area contributed by atoms with Crippen LogP contribution >= 0.6 is 0 Å². The largest absolute Gasteiger partial charge is 0.569 e. The van der Waals surface area contributed by atoms with E-state index in [9.17, 15) is 36.4 Å². The number of carbonyl (C=O) groups excluding carboxylic acids is 2. The molecule has 0 saturated heterocycles. The van der Waals surface area contributed by atoms with E-state index in [1.807, 2.05) is 11.6 Å². The molecule has 1 amide bonds. The van der Waals surface area contributed by atoms with Gasteiger partial charge in [-0.25, -0.2) is 17.8 Å². The third-order valence-corrected chi connectivity index (χ3v) is 8.20. The molecule has 3 rings (SSSR count). The Kier molecular flexibility index (Phi) is 12.2. The van der Waals surface area contributed by atoms with Crippen LogP contribution in [0.3, 0.4) is 0 Å². The fourth-order valence-corrected chi connectivity index (χ4v) is 5.09. The van der Waals surface area contributed by atoms with Gasteiger partial charge in [0.2, 0.25) is 11.2 Å². The maximum Gasteiger partial charge on any atom is 0.435 e. The summed E-state index contributed by atoms with van der Waals surface area (Å²) in [5, 5.41) is 20.3. The van der Waals surface area contributed by atoms with Crippen molar-refractivity contribution >= 4 is 21.9 Å². The number of hydrogen-bond acceptors (Lipinski definition) is 9. The number of amides is 1. The van der Waals surface area contributed by atoms with Gasteiger partial charge in [0.15, 0.2) is 5.69 Å². The molecule has 0 fully saturated rings. The standard InChI is InChI=1S/C31H39F3N6O7S/c1-21-11-13-23(14-12-21)26-20-27(31(32,33)34)35-39(26)24-15-17-25(18-16-24)48(44,45)36-28(41)10-8-7-9-19-38(6)40(43)37-47-22(2)46-29(42)30(3,4)5/h11-18,20,22H,7-10,19H2,1-6H3,(H,36,41)/b40-37-. The van der Waals surface area contributed by atoms with Crippen LogP contribution in [0, 0.1) is 17.5 Å². The molecule has 1 atom stereocenters. The van der Waals surface area contributed by atoms with Crippen molar-refractivity contribution in [1.82, 2.24) is 19.5 Å². The first-order chi connectivity index (χ1) is 22.3. The van der Waals surface area contributed by atoms with Crippen LogP contribution in [0.15, 0.2) is 64.8 Å². The SMILES string of the molecule is Cc1ccc(-c2cc(C(F)(F)F)nn2-c2ccc(S(=O)(=O)NC(=O)CCCCCN(C)/[N+]([O-])=N/OC(C)OC(=O)C(C)(C)C)cc2)cc1. The number of nitrogens with zero attached hydrogens (tertiary/aromatic N) is 5. The van der Waals surface area contributed by atoms with Crippen molar-refractivity contribution in [1.29, 1.82) is 0 Å². The molecule has 0 bridgehead atoms. The van der Waals surface area contributed by atoms with Crippen molar-refractivity contribution in [2.45, 2.75) is 77.7 Å². The zero-order chi connectivity index (χ0) is 35.9. The van der Waals surface area contributed by atoms with Crippen molar-refractivity contribution < 1.29 is 45.7 Å². The van der Waals surface area contributed by atoms with E-state index in [4.69, 9.17) is 9.57 Å². The zero-order valence-electron chi connectivity index (χ0n) is 27.4. The topological polar surface area (TPSA) is 158 Å². The number of unbranched alkanes of at least 4 members (excludes halogenated alkanes) is 2.